The van der Waals surface area contributed by atoms with E-state index < -0.39 is 22.5 Å². The lowest BCUT2D eigenvalue weighted by Gasteiger charge is -2.22. The molecule has 31 heavy (non-hydrogen) atoms. The predicted molar refractivity (Wildman–Crippen MR) is 125 cm³/mol. The minimum atomic E-state index is -3.98. The number of hydrogen-bond donors (Lipinski definition) is 1. The molecule has 162 valence electrons. The average Bonchev–Trinajstić information content (AvgIpc) is 2.71. The lowest BCUT2D eigenvalue weighted by molar-refractivity contribution is -0.116. The van der Waals surface area contributed by atoms with E-state index in [1.807, 2.05) is 6.92 Å². The average molecular weight is 498 g/mol. The fourth-order valence-electron chi connectivity index (χ4n) is 2.84. The van der Waals surface area contributed by atoms with Gasteiger partial charge in [0.1, 0.15) is 0 Å². The molecule has 0 fully saturated rings. The van der Waals surface area contributed by atoms with Crippen molar-refractivity contribution >= 4 is 56.4 Å². The van der Waals surface area contributed by atoms with Gasteiger partial charge in [0, 0.05) is 16.6 Å². The SMILES string of the molecule is Cc1ccc(S(=O)(=O)N(CC(=O)Nc2ccc(Cl)cc2Cl)Cc2ccccc2Cl)cc1. The van der Waals surface area contributed by atoms with Gasteiger partial charge >= 0.3 is 0 Å². The molecule has 9 heteroatoms. The van der Waals surface area contributed by atoms with Gasteiger partial charge in [0.2, 0.25) is 15.9 Å². The second-order valence-corrected chi connectivity index (χ2v) is 10.0. The highest BCUT2D eigenvalue weighted by atomic mass is 35.5. The summed E-state index contributed by atoms with van der Waals surface area (Å²) in [6.45, 7) is 1.36. The van der Waals surface area contributed by atoms with Crippen molar-refractivity contribution in [1.29, 1.82) is 0 Å². The summed E-state index contributed by atoms with van der Waals surface area (Å²) in [6, 6.07) is 17.9. The number of hydrogen-bond acceptors (Lipinski definition) is 3. The summed E-state index contributed by atoms with van der Waals surface area (Å²) in [5.74, 6) is -0.549. The van der Waals surface area contributed by atoms with E-state index in [2.05, 4.69) is 5.32 Å². The summed E-state index contributed by atoms with van der Waals surface area (Å²) in [5, 5.41) is 3.71. The predicted octanol–water partition coefficient (Wildman–Crippen LogP) is 5.78. The van der Waals surface area contributed by atoms with Crippen LogP contribution in [0.25, 0.3) is 0 Å². The topological polar surface area (TPSA) is 66.5 Å². The van der Waals surface area contributed by atoms with Crippen molar-refractivity contribution in [2.75, 3.05) is 11.9 Å². The van der Waals surface area contributed by atoms with Crippen molar-refractivity contribution in [2.45, 2.75) is 18.4 Å². The maximum Gasteiger partial charge on any atom is 0.243 e. The Bertz CT molecular complexity index is 1200. The lowest BCUT2D eigenvalue weighted by Crippen LogP contribution is -2.37. The number of carbonyl (C=O) groups excluding carboxylic acids is 1. The highest BCUT2D eigenvalue weighted by molar-refractivity contribution is 7.89. The van der Waals surface area contributed by atoms with Crippen LogP contribution in [0.1, 0.15) is 11.1 Å². The van der Waals surface area contributed by atoms with E-state index in [4.69, 9.17) is 34.8 Å². The zero-order chi connectivity index (χ0) is 22.6. The second kappa shape index (κ2) is 10.0. The zero-order valence-corrected chi connectivity index (χ0v) is 19.6. The van der Waals surface area contributed by atoms with Crippen LogP contribution in [0.4, 0.5) is 5.69 Å². The van der Waals surface area contributed by atoms with Crippen LogP contribution in [-0.4, -0.2) is 25.2 Å². The fourth-order valence-corrected chi connectivity index (χ4v) is 4.87. The monoisotopic (exact) mass is 496 g/mol. The van der Waals surface area contributed by atoms with Gasteiger partial charge in [-0.3, -0.25) is 4.79 Å². The van der Waals surface area contributed by atoms with Crippen molar-refractivity contribution < 1.29 is 13.2 Å². The molecule has 3 aromatic rings. The van der Waals surface area contributed by atoms with E-state index in [0.717, 1.165) is 9.87 Å². The number of sulfonamides is 1. The molecule has 0 bridgehead atoms. The van der Waals surface area contributed by atoms with Crippen LogP contribution in [-0.2, 0) is 21.4 Å². The molecule has 0 saturated heterocycles. The van der Waals surface area contributed by atoms with Crippen LogP contribution in [0.2, 0.25) is 15.1 Å². The zero-order valence-electron chi connectivity index (χ0n) is 16.5. The molecule has 1 amide bonds. The van der Waals surface area contributed by atoms with Gasteiger partial charge in [-0.05, 0) is 48.9 Å². The standard InChI is InChI=1S/C22H19Cl3N2O3S/c1-15-6-9-18(10-7-15)31(29,30)27(13-16-4-2-3-5-19(16)24)14-22(28)26-21-11-8-17(23)12-20(21)25/h2-12H,13-14H2,1H3,(H,26,28). The Kier molecular flexibility index (Phi) is 7.62. The Morgan fingerprint density at radius 3 is 2.26 bits per heavy atom. The molecular formula is C22H19Cl3N2O3S. The number of benzene rings is 3. The van der Waals surface area contributed by atoms with Crippen molar-refractivity contribution in [3.05, 3.63) is 92.9 Å². The number of amides is 1. The third-order valence-corrected chi connectivity index (χ3v) is 7.21. The number of rotatable bonds is 7. The van der Waals surface area contributed by atoms with Crippen LogP contribution in [0, 0.1) is 6.92 Å². The van der Waals surface area contributed by atoms with E-state index in [-0.39, 0.29) is 16.5 Å². The van der Waals surface area contributed by atoms with Crippen molar-refractivity contribution in [1.82, 2.24) is 4.31 Å². The van der Waals surface area contributed by atoms with Gasteiger partial charge < -0.3 is 5.32 Å². The first-order valence-electron chi connectivity index (χ1n) is 9.22. The number of halogens is 3. The van der Waals surface area contributed by atoms with Crippen molar-refractivity contribution in [3.63, 3.8) is 0 Å². The second-order valence-electron chi connectivity index (χ2n) is 6.85. The highest BCUT2D eigenvalue weighted by Gasteiger charge is 2.27. The smallest absolute Gasteiger partial charge is 0.243 e. The maximum atomic E-state index is 13.3. The van der Waals surface area contributed by atoms with Gasteiger partial charge in [-0.2, -0.15) is 4.31 Å². The molecule has 0 aromatic heterocycles. The first kappa shape index (κ1) is 23.6. The third-order valence-electron chi connectivity index (χ3n) is 4.49. The number of nitrogens with one attached hydrogen (secondary N) is 1. The van der Waals surface area contributed by atoms with E-state index >= 15 is 0 Å². The van der Waals surface area contributed by atoms with E-state index in [9.17, 15) is 13.2 Å². The van der Waals surface area contributed by atoms with Crippen LogP contribution in [0.15, 0.2) is 71.6 Å². The minimum absolute atomic E-state index is 0.0718. The Morgan fingerprint density at radius 2 is 1.61 bits per heavy atom. The fraction of sp³-hybridized carbons (Fsp3) is 0.136. The third kappa shape index (κ3) is 5.99. The molecule has 0 aliphatic carbocycles. The Hall–Kier alpha value is -2.09. The Morgan fingerprint density at radius 1 is 0.935 bits per heavy atom. The molecule has 0 unspecified atom stereocenters. The van der Waals surface area contributed by atoms with E-state index in [1.165, 1.54) is 18.2 Å². The van der Waals surface area contributed by atoms with Gasteiger partial charge in [-0.15, -0.1) is 0 Å². The number of nitrogens with zero attached hydrogens (tertiary/aromatic N) is 1. The first-order chi connectivity index (χ1) is 14.7. The number of aryl methyl sites for hydroxylation is 1. The highest BCUT2D eigenvalue weighted by Crippen LogP contribution is 2.26. The van der Waals surface area contributed by atoms with Crippen LogP contribution in [0.3, 0.4) is 0 Å². The first-order valence-corrected chi connectivity index (χ1v) is 11.8. The molecule has 0 radical (unpaired) electrons. The summed E-state index contributed by atoms with van der Waals surface area (Å²) in [7, 11) is -3.98. The van der Waals surface area contributed by atoms with Crippen molar-refractivity contribution in [2.24, 2.45) is 0 Å². The molecule has 0 saturated carbocycles. The van der Waals surface area contributed by atoms with Gasteiger partial charge in [0.15, 0.2) is 0 Å². The maximum absolute atomic E-state index is 13.3. The van der Waals surface area contributed by atoms with Gasteiger partial charge in [-0.25, -0.2) is 8.42 Å². The van der Waals surface area contributed by atoms with Crippen LogP contribution >= 0.6 is 34.8 Å². The molecule has 3 rings (SSSR count). The normalized spacial score (nSPS) is 11.5. The van der Waals surface area contributed by atoms with Crippen LogP contribution in [0.5, 0.6) is 0 Å². The molecule has 0 spiro atoms. The number of carbonyl (C=O) groups is 1. The molecule has 0 aliphatic heterocycles. The number of anilines is 1. The molecule has 3 aromatic carbocycles. The molecule has 0 heterocycles. The molecule has 1 N–H and O–H groups in total. The van der Waals surface area contributed by atoms with Gasteiger partial charge in [0.25, 0.3) is 0 Å². The van der Waals surface area contributed by atoms with E-state index in [0.29, 0.717) is 21.3 Å². The Balaban J connectivity index is 1.90. The lowest BCUT2D eigenvalue weighted by atomic mass is 10.2. The summed E-state index contributed by atoms with van der Waals surface area (Å²) < 4.78 is 27.7. The summed E-state index contributed by atoms with van der Waals surface area (Å²) in [4.78, 5) is 12.8. The minimum Gasteiger partial charge on any atom is -0.324 e. The van der Waals surface area contributed by atoms with Crippen LogP contribution < -0.4 is 5.32 Å². The van der Waals surface area contributed by atoms with Gasteiger partial charge in [0.05, 0.1) is 22.2 Å². The Labute approximate surface area is 196 Å². The van der Waals surface area contributed by atoms with E-state index in [1.54, 1.807) is 48.5 Å². The molecular weight excluding hydrogens is 479 g/mol. The summed E-state index contributed by atoms with van der Waals surface area (Å²) >= 11 is 18.2. The quantitative estimate of drug-likeness (QED) is 0.449. The molecule has 0 atom stereocenters. The largest absolute Gasteiger partial charge is 0.324 e. The molecule has 0 aliphatic rings. The summed E-state index contributed by atoms with van der Waals surface area (Å²) in [5.41, 5.74) is 1.84. The summed E-state index contributed by atoms with van der Waals surface area (Å²) in [6.07, 6.45) is 0. The van der Waals surface area contributed by atoms with Gasteiger partial charge in [-0.1, -0.05) is 70.7 Å². The van der Waals surface area contributed by atoms with Crippen molar-refractivity contribution in [3.8, 4) is 0 Å². The molecule has 5 nitrogen and oxygen atoms in total.